The van der Waals surface area contributed by atoms with Crippen molar-refractivity contribution in [2.24, 2.45) is 16.9 Å². The van der Waals surface area contributed by atoms with Gasteiger partial charge in [-0.25, -0.2) is 15.6 Å². The van der Waals surface area contributed by atoms with Crippen LogP contribution in [0.2, 0.25) is 4.34 Å². The van der Waals surface area contributed by atoms with Crippen molar-refractivity contribution in [1.82, 2.24) is 19.8 Å². The molecule has 3 fully saturated rings. The molecule has 42 heavy (non-hydrogen) atoms. The molecular weight excluding hydrogens is 607 g/mol. The highest BCUT2D eigenvalue weighted by Crippen LogP contribution is 2.53. The second-order valence-corrected chi connectivity index (χ2v) is 14.0. The predicted molar refractivity (Wildman–Crippen MR) is 156 cm³/mol. The van der Waals surface area contributed by atoms with E-state index in [0.29, 0.717) is 17.8 Å². The third-order valence-corrected chi connectivity index (χ3v) is 10.4. The second kappa shape index (κ2) is 12.5. The number of thioether (sulfide) groups is 1. The van der Waals surface area contributed by atoms with Crippen molar-refractivity contribution in [2.45, 2.75) is 75.6 Å². The number of halogens is 1. The van der Waals surface area contributed by atoms with Crippen LogP contribution in [0.4, 0.5) is 4.79 Å². The molecule has 4 rings (SSSR count). The Morgan fingerprint density at radius 2 is 1.98 bits per heavy atom. The molecule has 4 heterocycles. The van der Waals surface area contributed by atoms with Gasteiger partial charge < -0.3 is 14.4 Å². The molecule has 13 nitrogen and oxygen atoms in total. The summed E-state index contributed by atoms with van der Waals surface area (Å²) >= 11 is 8.53. The van der Waals surface area contributed by atoms with Crippen molar-refractivity contribution in [2.75, 3.05) is 19.6 Å². The van der Waals surface area contributed by atoms with E-state index in [-0.39, 0.29) is 47.6 Å². The lowest BCUT2D eigenvalue weighted by Gasteiger charge is -2.40. The number of nitrogens with zero attached hydrogens (tertiary/aromatic N) is 5. The summed E-state index contributed by atoms with van der Waals surface area (Å²) < 4.78 is 4.74. The summed E-state index contributed by atoms with van der Waals surface area (Å²) in [6.07, 6.45) is 2.56. The Kier molecular flexibility index (Phi) is 9.60. The molecule has 3 aliphatic heterocycles. The summed E-state index contributed by atoms with van der Waals surface area (Å²) in [6.45, 7) is 7.02. The van der Waals surface area contributed by atoms with Crippen molar-refractivity contribution >= 4 is 77.9 Å². The Hall–Kier alpha value is -2.69. The van der Waals surface area contributed by atoms with Gasteiger partial charge in [0.05, 0.1) is 29.4 Å². The van der Waals surface area contributed by atoms with Gasteiger partial charge in [0, 0.05) is 19.4 Å². The number of Topliss-reactive ketones (excluding diaryl/α,β-unsaturated/α-hetero) is 2. The molecule has 3 amide bonds. The number of nitrogens with two attached hydrogens (primary N) is 1. The van der Waals surface area contributed by atoms with E-state index in [4.69, 9.17) is 30.3 Å². The number of fused-ring (bicyclic) bond motifs is 1. The van der Waals surface area contributed by atoms with E-state index >= 15 is 0 Å². The first kappa shape index (κ1) is 32.2. The van der Waals surface area contributed by atoms with Crippen molar-refractivity contribution in [3.05, 3.63) is 15.0 Å². The monoisotopic (exact) mass is 638 g/mol. The number of hydrogen-bond acceptors (Lipinski definition) is 12. The third kappa shape index (κ3) is 5.90. The second-order valence-electron chi connectivity index (χ2n) is 10.8. The van der Waals surface area contributed by atoms with Crippen LogP contribution in [-0.2, 0) is 28.7 Å². The Balaban J connectivity index is 1.56. The first-order valence-electron chi connectivity index (χ1n) is 13.5. The van der Waals surface area contributed by atoms with E-state index < -0.39 is 45.5 Å². The maximum atomic E-state index is 13.7. The highest BCUT2D eigenvalue weighted by atomic mass is 35.5. The first-order valence-corrected chi connectivity index (χ1v) is 15.5. The summed E-state index contributed by atoms with van der Waals surface area (Å²) in [5.74, 6) is 2.81. The van der Waals surface area contributed by atoms with Gasteiger partial charge in [0.15, 0.2) is 22.9 Å². The fourth-order valence-electron chi connectivity index (χ4n) is 5.04. The summed E-state index contributed by atoms with van der Waals surface area (Å²) in [4.78, 5) is 76.2. The van der Waals surface area contributed by atoms with Crippen molar-refractivity contribution in [3.8, 4) is 0 Å². The lowest BCUT2D eigenvalue weighted by atomic mass is 9.90. The Morgan fingerprint density at radius 3 is 2.55 bits per heavy atom. The average molecular weight is 639 g/mol. The number of β-lactam (4-membered cyclic amide) rings is 1. The van der Waals surface area contributed by atoms with Crippen LogP contribution in [0.15, 0.2) is 5.16 Å². The highest BCUT2D eigenvalue weighted by Gasteiger charge is 2.66. The normalized spacial score (nSPS) is 24.1. The molecule has 3 saturated heterocycles. The molecule has 2 N–H and O–H groups in total. The van der Waals surface area contributed by atoms with E-state index in [0.717, 1.165) is 40.9 Å². The van der Waals surface area contributed by atoms with Crippen LogP contribution in [0.5, 0.6) is 0 Å². The molecule has 0 unspecified atom stereocenters. The summed E-state index contributed by atoms with van der Waals surface area (Å²) in [6, 6.07) is -0.609. The van der Waals surface area contributed by atoms with Crippen LogP contribution in [0.1, 0.15) is 63.6 Å². The molecule has 3 atom stereocenters. The number of carbonyl (C=O) groups excluding carboxylic acids is 5. The average Bonchev–Trinajstić information content (AvgIpc) is 3.60. The number of amides is 3. The standard InChI is InChI=1S/C25H32BClN6O7S2/c1-5-6-7-8-16(35)24(3,4)40-30-17(18-19(27)41-13(2)29-18)15(34)11-14-20(36)31-12-25(22(37)39-26,42-21(14)31)32-9-10-33(28)23(32)38/h14,21H,5-12,28H2,1-4H3/b30-17+/t14-,21-,25-/m1/s1. The number of aryl methyl sites for hydroxylation is 1. The highest BCUT2D eigenvalue weighted by molar-refractivity contribution is 8.02. The minimum absolute atomic E-state index is 0.0906. The number of ketones is 2. The van der Waals surface area contributed by atoms with Gasteiger partial charge in [-0.1, -0.05) is 48.3 Å². The van der Waals surface area contributed by atoms with Crippen molar-refractivity contribution in [3.63, 3.8) is 0 Å². The van der Waals surface area contributed by atoms with E-state index in [9.17, 15) is 24.0 Å². The molecule has 1 aromatic rings. The van der Waals surface area contributed by atoms with Gasteiger partial charge in [-0.05, 0) is 27.2 Å². The van der Waals surface area contributed by atoms with Gasteiger partial charge in [0.25, 0.3) is 0 Å². The largest absolute Gasteiger partial charge is 0.541 e. The van der Waals surface area contributed by atoms with E-state index in [1.54, 1.807) is 20.8 Å². The van der Waals surface area contributed by atoms with Crippen molar-refractivity contribution < 1.29 is 33.5 Å². The number of oxime groups is 1. The molecular formula is C25H32BClN6O7S2. The topological polar surface area (TPSA) is 165 Å². The quantitative estimate of drug-likeness (QED) is 0.0644. The zero-order valence-corrected chi connectivity index (χ0v) is 26.1. The fraction of sp³-hybridized carbons (Fsp3) is 0.640. The number of unbranched alkanes of at least 4 members (excludes halogenated alkanes) is 2. The zero-order chi connectivity index (χ0) is 31.0. The lowest BCUT2D eigenvalue weighted by Crippen LogP contribution is -2.60. The third-order valence-electron chi connectivity index (χ3n) is 7.49. The maximum absolute atomic E-state index is 13.7. The minimum Gasteiger partial charge on any atom is -0.541 e. The smallest absolute Gasteiger partial charge is 0.378 e. The maximum Gasteiger partial charge on any atom is 0.378 e. The van der Waals surface area contributed by atoms with Crippen LogP contribution in [-0.4, -0.2) is 98.5 Å². The van der Waals surface area contributed by atoms with E-state index in [1.807, 2.05) is 6.92 Å². The SMILES string of the molecule is [B]OC(=O)[C@@]1(N2CCN(N)C2=O)CN2C(=O)[C@@H](CC(=O)/C(=N\OC(C)(C)C(=O)CCCCC)c3nc(C)sc3Cl)[C@H]2S1. The van der Waals surface area contributed by atoms with Gasteiger partial charge >= 0.3 is 20.0 Å². The van der Waals surface area contributed by atoms with Crippen molar-refractivity contribution in [1.29, 1.82) is 0 Å². The molecule has 3 aliphatic rings. The molecule has 0 saturated carbocycles. The predicted octanol–water partition coefficient (Wildman–Crippen LogP) is 2.18. The van der Waals surface area contributed by atoms with Crippen LogP contribution >= 0.6 is 34.7 Å². The number of aromatic nitrogens is 1. The van der Waals surface area contributed by atoms with Gasteiger partial charge in [-0.3, -0.25) is 29.1 Å². The summed E-state index contributed by atoms with van der Waals surface area (Å²) in [5, 5.41) is 4.98. The van der Waals surface area contributed by atoms with Gasteiger partial charge in [0.2, 0.25) is 10.8 Å². The molecule has 0 spiro atoms. The minimum atomic E-state index is -1.62. The van der Waals surface area contributed by atoms with E-state index in [2.05, 4.69) is 14.8 Å². The number of urea groups is 1. The summed E-state index contributed by atoms with van der Waals surface area (Å²) in [5.41, 5.74) is -1.44. The number of carbonyl (C=O) groups is 5. The Bertz CT molecular complexity index is 1330. The van der Waals surface area contributed by atoms with Crippen LogP contribution in [0.25, 0.3) is 0 Å². The molecule has 2 radical (unpaired) electrons. The zero-order valence-electron chi connectivity index (χ0n) is 23.8. The lowest BCUT2D eigenvalue weighted by molar-refractivity contribution is -0.153. The number of rotatable bonds is 13. The first-order chi connectivity index (χ1) is 19.8. The number of hydrazine groups is 1. The van der Waals surface area contributed by atoms with Crippen LogP contribution in [0, 0.1) is 12.8 Å². The molecule has 0 bridgehead atoms. The fourth-order valence-corrected chi connectivity index (χ4v) is 7.88. The molecule has 0 aromatic carbocycles. The van der Waals surface area contributed by atoms with Gasteiger partial charge in [0.1, 0.15) is 10.0 Å². The molecule has 0 aliphatic carbocycles. The molecule has 226 valence electrons. The van der Waals surface area contributed by atoms with Crippen LogP contribution in [0.3, 0.4) is 0 Å². The summed E-state index contributed by atoms with van der Waals surface area (Å²) in [7, 11) is 5.21. The Morgan fingerprint density at radius 1 is 1.26 bits per heavy atom. The Labute approximate surface area is 257 Å². The number of thiazole rings is 1. The van der Waals surface area contributed by atoms with Crippen LogP contribution < -0.4 is 5.84 Å². The van der Waals surface area contributed by atoms with Gasteiger partial charge in [-0.15, -0.1) is 11.3 Å². The van der Waals surface area contributed by atoms with E-state index in [1.165, 1.54) is 9.80 Å². The molecule has 1 aromatic heterocycles. The van der Waals surface area contributed by atoms with Gasteiger partial charge in [-0.2, -0.15) is 0 Å². The number of hydrogen-bond donors (Lipinski definition) is 1. The molecule has 17 heteroatoms.